The largest absolute Gasteiger partial charge is 0.355 e. The monoisotopic (exact) mass is 361 g/mol. The van der Waals surface area contributed by atoms with Gasteiger partial charge < -0.3 is 5.32 Å². The van der Waals surface area contributed by atoms with Crippen LogP contribution in [0.3, 0.4) is 0 Å². The van der Waals surface area contributed by atoms with Crippen molar-refractivity contribution in [1.29, 1.82) is 0 Å². The standard InChI is InChI=1S/C27H23N/c1-3-9-22(10-4-1)15-18-25-13-7-8-14-27(25)28-26-19-16-24(17-20-26)21-23-11-5-2-6-12-23/h1-20,28H,21H2. The van der Waals surface area contributed by atoms with Crippen LogP contribution in [0.25, 0.3) is 12.2 Å². The van der Waals surface area contributed by atoms with Gasteiger partial charge in [0.25, 0.3) is 0 Å². The average Bonchev–Trinajstić information content (AvgIpc) is 2.76. The summed E-state index contributed by atoms with van der Waals surface area (Å²) in [5.41, 5.74) is 7.21. The maximum absolute atomic E-state index is 3.55. The van der Waals surface area contributed by atoms with Crippen LogP contribution in [0.2, 0.25) is 0 Å². The van der Waals surface area contributed by atoms with Crippen molar-refractivity contribution < 1.29 is 0 Å². The lowest BCUT2D eigenvalue weighted by Gasteiger charge is -2.11. The zero-order chi connectivity index (χ0) is 19.0. The Morgan fingerprint density at radius 1 is 0.536 bits per heavy atom. The maximum Gasteiger partial charge on any atom is 0.0457 e. The molecule has 0 aliphatic heterocycles. The summed E-state index contributed by atoms with van der Waals surface area (Å²) >= 11 is 0. The highest BCUT2D eigenvalue weighted by Gasteiger charge is 2.01. The summed E-state index contributed by atoms with van der Waals surface area (Å²) in [7, 11) is 0. The second kappa shape index (κ2) is 8.88. The number of anilines is 2. The first-order valence-corrected chi connectivity index (χ1v) is 9.59. The summed E-state index contributed by atoms with van der Waals surface area (Å²) in [5, 5.41) is 3.55. The van der Waals surface area contributed by atoms with E-state index < -0.39 is 0 Å². The van der Waals surface area contributed by atoms with Gasteiger partial charge in [0.1, 0.15) is 0 Å². The van der Waals surface area contributed by atoms with Crippen molar-refractivity contribution in [3.05, 3.63) is 131 Å². The van der Waals surface area contributed by atoms with Crippen molar-refractivity contribution in [2.45, 2.75) is 6.42 Å². The van der Waals surface area contributed by atoms with Gasteiger partial charge in [-0.1, -0.05) is 103 Å². The molecule has 0 spiro atoms. The van der Waals surface area contributed by atoms with Gasteiger partial charge in [0.2, 0.25) is 0 Å². The van der Waals surface area contributed by atoms with Gasteiger partial charge in [-0.25, -0.2) is 0 Å². The van der Waals surface area contributed by atoms with E-state index in [2.05, 4.69) is 121 Å². The molecule has 0 heterocycles. The summed E-state index contributed by atoms with van der Waals surface area (Å²) in [6.07, 6.45) is 5.25. The average molecular weight is 361 g/mol. The molecule has 0 aliphatic rings. The summed E-state index contributed by atoms with van der Waals surface area (Å²) < 4.78 is 0. The third-order valence-corrected chi connectivity index (χ3v) is 4.70. The van der Waals surface area contributed by atoms with Gasteiger partial charge >= 0.3 is 0 Å². The van der Waals surface area contributed by atoms with Crippen molar-refractivity contribution in [3.63, 3.8) is 0 Å². The van der Waals surface area contributed by atoms with E-state index in [1.165, 1.54) is 22.3 Å². The maximum atomic E-state index is 3.55. The van der Waals surface area contributed by atoms with Crippen LogP contribution in [-0.2, 0) is 6.42 Å². The molecule has 0 amide bonds. The fourth-order valence-corrected chi connectivity index (χ4v) is 3.20. The molecule has 0 saturated heterocycles. The van der Waals surface area contributed by atoms with Crippen LogP contribution in [0.1, 0.15) is 22.3 Å². The quantitative estimate of drug-likeness (QED) is 0.358. The Kier molecular flexibility index (Phi) is 5.65. The Morgan fingerprint density at radius 2 is 1.14 bits per heavy atom. The Balaban J connectivity index is 1.48. The predicted octanol–water partition coefficient (Wildman–Crippen LogP) is 7.19. The highest BCUT2D eigenvalue weighted by molar-refractivity contribution is 5.78. The molecule has 0 unspecified atom stereocenters. The third-order valence-electron chi connectivity index (χ3n) is 4.70. The van der Waals surface area contributed by atoms with Crippen molar-refractivity contribution >= 4 is 23.5 Å². The minimum Gasteiger partial charge on any atom is -0.355 e. The number of hydrogen-bond acceptors (Lipinski definition) is 1. The number of hydrogen-bond donors (Lipinski definition) is 1. The van der Waals surface area contributed by atoms with E-state index in [0.717, 1.165) is 17.8 Å². The van der Waals surface area contributed by atoms with Crippen LogP contribution in [-0.4, -0.2) is 0 Å². The molecule has 0 aromatic heterocycles. The minimum atomic E-state index is 0.956. The van der Waals surface area contributed by atoms with E-state index in [1.54, 1.807) is 0 Å². The molecule has 1 N–H and O–H groups in total. The van der Waals surface area contributed by atoms with Crippen molar-refractivity contribution in [3.8, 4) is 0 Å². The molecule has 1 heteroatoms. The molecule has 0 radical (unpaired) electrons. The number of benzene rings is 4. The molecule has 4 aromatic rings. The Labute approximate surface area is 167 Å². The first kappa shape index (κ1) is 17.8. The Morgan fingerprint density at radius 3 is 1.89 bits per heavy atom. The highest BCUT2D eigenvalue weighted by atomic mass is 14.9. The topological polar surface area (TPSA) is 12.0 Å². The van der Waals surface area contributed by atoms with Crippen LogP contribution in [0.15, 0.2) is 109 Å². The predicted molar refractivity (Wildman–Crippen MR) is 121 cm³/mol. The van der Waals surface area contributed by atoms with Crippen LogP contribution < -0.4 is 5.32 Å². The molecule has 0 fully saturated rings. The SMILES string of the molecule is C(=Cc1ccccc1Nc1ccc(Cc2ccccc2)cc1)c1ccccc1. The highest BCUT2D eigenvalue weighted by Crippen LogP contribution is 2.23. The van der Waals surface area contributed by atoms with Gasteiger partial charge in [0, 0.05) is 11.4 Å². The van der Waals surface area contributed by atoms with E-state index >= 15 is 0 Å². The van der Waals surface area contributed by atoms with Gasteiger partial charge in [-0.2, -0.15) is 0 Å². The van der Waals surface area contributed by atoms with Crippen molar-refractivity contribution in [2.75, 3.05) is 5.32 Å². The third kappa shape index (κ3) is 4.77. The smallest absolute Gasteiger partial charge is 0.0457 e. The van der Waals surface area contributed by atoms with E-state index in [4.69, 9.17) is 0 Å². The lowest BCUT2D eigenvalue weighted by Crippen LogP contribution is -1.94. The second-order valence-corrected chi connectivity index (χ2v) is 6.82. The Hall–Kier alpha value is -3.58. The second-order valence-electron chi connectivity index (χ2n) is 6.82. The normalized spacial score (nSPS) is 10.9. The first-order chi connectivity index (χ1) is 13.9. The molecular formula is C27H23N. The molecule has 1 nitrogen and oxygen atoms in total. The van der Waals surface area contributed by atoms with E-state index in [9.17, 15) is 0 Å². The van der Waals surface area contributed by atoms with Crippen LogP contribution in [0.5, 0.6) is 0 Å². The van der Waals surface area contributed by atoms with Gasteiger partial charge in [0.15, 0.2) is 0 Å². The lowest BCUT2D eigenvalue weighted by molar-refractivity contribution is 1.19. The molecule has 0 bridgehead atoms. The van der Waals surface area contributed by atoms with Gasteiger partial charge in [-0.3, -0.25) is 0 Å². The summed E-state index contributed by atoms with van der Waals surface area (Å²) in [5.74, 6) is 0. The summed E-state index contributed by atoms with van der Waals surface area (Å²) in [6.45, 7) is 0. The fraction of sp³-hybridized carbons (Fsp3) is 0.0370. The summed E-state index contributed by atoms with van der Waals surface area (Å²) in [6, 6.07) is 38.0. The van der Waals surface area contributed by atoms with Crippen LogP contribution in [0.4, 0.5) is 11.4 Å². The summed E-state index contributed by atoms with van der Waals surface area (Å²) in [4.78, 5) is 0. The molecule has 136 valence electrons. The lowest BCUT2D eigenvalue weighted by atomic mass is 10.0. The zero-order valence-corrected chi connectivity index (χ0v) is 15.8. The van der Waals surface area contributed by atoms with Crippen molar-refractivity contribution in [2.24, 2.45) is 0 Å². The molecule has 28 heavy (non-hydrogen) atoms. The molecule has 0 aliphatic carbocycles. The minimum absolute atomic E-state index is 0.956. The van der Waals surface area contributed by atoms with Crippen LogP contribution in [0, 0.1) is 0 Å². The number of nitrogens with one attached hydrogen (secondary N) is 1. The molecule has 0 atom stereocenters. The molecule has 0 saturated carbocycles. The molecule has 4 rings (SSSR count). The molecule has 4 aromatic carbocycles. The van der Waals surface area contributed by atoms with Gasteiger partial charge in [0.05, 0.1) is 0 Å². The van der Waals surface area contributed by atoms with Crippen LogP contribution >= 0.6 is 0 Å². The zero-order valence-electron chi connectivity index (χ0n) is 15.8. The van der Waals surface area contributed by atoms with Gasteiger partial charge in [-0.05, 0) is 46.9 Å². The Bertz CT molecular complexity index is 1030. The fourth-order valence-electron chi connectivity index (χ4n) is 3.20. The number of rotatable bonds is 6. The molecular weight excluding hydrogens is 338 g/mol. The van der Waals surface area contributed by atoms with E-state index in [-0.39, 0.29) is 0 Å². The van der Waals surface area contributed by atoms with Crippen molar-refractivity contribution in [1.82, 2.24) is 0 Å². The van der Waals surface area contributed by atoms with E-state index in [1.807, 2.05) is 6.07 Å². The number of para-hydroxylation sites is 1. The van der Waals surface area contributed by atoms with E-state index in [0.29, 0.717) is 0 Å². The first-order valence-electron chi connectivity index (χ1n) is 9.59. The van der Waals surface area contributed by atoms with Gasteiger partial charge in [-0.15, -0.1) is 0 Å².